The van der Waals surface area contributed by atoms with E-state index >= 15 is 0 Å². The molecule has 2 nitrogen and oxygen atoms in total. The number of benzene rings is 2. The molecular formula is C17H16INO. The lowest BCUT2D eigenvalue weighted by molar-refractivity contribution is -0.124. The minimum Gasteiger partial charge on any atom is -0.325 e. The third-order valence-corrected chi connectivity index (χ3v) is 4.72. The smallest absolute Gasteiger partial charge is 0.235 e. The van der Waals surface area contributed by atoms with E-state index in [0.29, 0.717) is 0 Å². The van der Waals surface area contributed by atoms with Gasteiger partial charge in [-0.3, -0.25) is 4.79 Å². The summed E-state index contributed by atoms with van der Waals surface area (Å²) in [4.78, 5) is 12.7. The maximum atomic E-state index is 12.7. The molecule has 0 heterocycles. The van der Waals surface area contributed by atoms with Crippen molar-refractivity contribution in [2.24, 2.45) is 0 Å². The highest BCUT2D eigenvalue weighted by atomic mass is 127. The Morgan fingerprint density at radius 3 is 2.40 bits per heavy atom. The summed E-state index contributed by atoms with van der Waals surface area (Å²) < 4.78 is 1.13. The molecule has 2 aromatic carbocycles. The van der Waals surface area contributed by atoms with Crippen molar-refractivity contribution in [2.45, 2.75) is 24.7 Å². The Balaban J connectivity index is 1.85. The number of halogens is 1. The largest absolute Gasteiger partial charge is 0.325 e. The van der Waals surface area contributed by atoms with Crippen molar-refractivity contribution in [3.63, 3.8) is 0 Å². The van der Waals surface area contributed by atoms with E-state index in [4.69, 9.17) is 0 Å². The molecule has 0 atom stereocenters. The van der Waals surface area contributed by atoms with Gasteiger partial charge in [0, 0.05) is 9.26 Å². The van der Waals surface area contributed by atoms with E-state index in [1.54, 1.807) is 0 Å². The second-order valence-electron chi connectivity index (χ2n) is 5.27. The molecule has 102 valence electrons. The third kappa shape index (κ3) is 2.46. The van der Waals surface area contributed by atoms with Crippen molar-refractivity contribution >= 4 is 34.2 Å². The second kappa shape index (κ2) is 5.56. The summed E-state index contributed by atoms with van der Waals surface area (Å²) in [5, 5.41) is 3.08. The average Bonchev–Trinajstić information content (AvgIpc) is 2.38. The first-order valence-electron chi connectivity index (χ1n) is 6.83. The number of rotatable bonds is 3. The fourth-order valence-electron chi connectivity index (χ4n) is 2.75. The molecule has 0 bridgehead atoms. The minimum absolute atomic E-state index is 0.122. The maximum absolute atomic E-state index is 12.7. The molecule has 0 aliphatic heterocycles. The first kappa shape index (κ1) is 13.6. The lowest BCUT2D eigenvalue weighted by atomic mass is 9.64. The molecule has 1 fully saturated rings. The molecule has 20 heavy (non-hydrogen) atoms. The quantitative estimate of drug-likeness (QED) is 0.792. The van der Waals surface area contributed by atoms with E-state index in [-0.39, 0.29) is 11.3 Å². The first-order chi connectivity index (χ1) is 9.71. The van der Waals surface area contributed by atoms with Crippen LogP contribution in [-0.4, -0.2) is 5.91 Å². The molecule has 1 aliphatic rings. The summed E-state index contributed by atoms with van der Waals surface area (Å²) in [5.41, 5.74) is 1.68. The molecule has 0 unspecified atom stereocenters. The lowest BCUT2D eigenvalue weighted by Crippen LogP contribution is -2.45. The Bertz CT molecular complexity index is 620. The number of nitrogens with one attached hydrogen (secondary N) is 1. The van der Waals surface area contributed by atoms with Crippen LogP contribution in [0.15, 0.2) is 54.6 Å². The Morgan fingerprint density at radius 2 is 1.80 bits per heavy atom. The molecule has 0 saturated heterocycles. The van der Waals surface area contributed by atoms with Gasteiger partial charge < -0.3 is 5.32 Å². The van der Waals surface area contributed by atoms with Crippen molar-refractivity contribution in [2.75, 3.05) is 5.32 Å². The van der Waals surface area contributed by atoms with E-state index < -0.39 is 0 Å². The Kier molecular flexibility index (Phi) is 3.78. The summed E-state index contributed by atoms with van der Waals surface area (Å²) >= 11 is 2.26. The van der Waals surface area contributed by atoms with Gasteiger partial charge in [-0.1, -0.05) is 42.8 Å². The SMILES string of the molecule is O=C(Nc1cccc(I)c1)C1(c2ccccc2)CCC1. The number of amides is 1. The molecule has 1 saturated carbocycles. The number of hydrogen-bond donors (Lipinski definition) is 1. The molecular weight excluding hydrogens is 361 g/mol. The highest BCUT2D eigenvalue weighted by Crippen LogP contribution is 2.44. The lowest BCUT2D eigenvalue weighted by Gasteiger charge is -2.40. The zero-order valence-corrected chi connectivity index (χ0v) is 13.3. The topological polar surface area (TPSA) is 29.1 Å². The van der Waals surface area contributed by atoms with E-state index in [1.807, 2.05) is 42.5 Å². The molecule has 0 spiro atoms. The Labute approximate surface area is 132 Å². The normalized spacial score (nSPS) is 16.2. The second-order valence-corrected chi connectivity index (χ2v) is 6.51. The maximum Gasteiger partial charge on any atom is 0.235 e. The highest BCUT2D eigenvalue weighted by molar-refractivity contribution is 14.1. The Hall–Kier alpha value is -1.36. The van der Waals surface area contributed by atoms with E-state index in [9.17, 15) is 4.79 Å². The van der Waals surface area contributed by atoms with Crippen molar-refractivity contribution in [3.8, 4) is 0 Å². The summed E-state index contributed by atoms with van der Waals surface area (Å²) in [7, 11) is 0. The minimum atomic E-state index is -0.331. The average molecular weight is 377 g/mol. The van der Waals surface area contributed by atoms with Gasteiger partial charge in [-0.2, -0.15) is 0 Å². The number of carbonyl (C=O) groups is 1. The van der Waals surface area contributed by atoms with Gasteiger partial charge in [-0.25, -0.2) is 0 Å². The number of anilines is 1. The molecule has 0 radical (unpaired) electrons. The fourth-order valence-corrected chi connectivity index (χ4v) is 3.29. The first-order valence-corrected chi connectivity index (χ1v) is 7.91. The van der Waals surface area contributed by atoms with Gasteiger partial charge in [0.15, 0.2) is 0 Å². The summed E-state index contributed by atoms with van der Waals surface area (Å²) in [6, 6.07) is 18.1. The van der Waals surface area contributed by atoms with Crippen LogP contribution in [0, 0.1) is 3.57 Å². The van der Waals surface area contributed by atoms with Crippen LogP contribution in [0.2, 0.25) is 0 Å². The van der Waals surface area contributed by atoms with Gasteiger partial charge in [-0.05, 0) is 59.2 Å². The van der Waals surface area contributed by atoms with Crippen LogP contribution >= 0.6 is 22.6 Å². The Morgan fingerprint density at radius 1 is 1.05 bits per heavy atom. The molecule has 0 aromatic heterocycles. The van der Waals surface area contributed by atoms with Crippen LogP contribution in [-0.2, 0) is 10.2 Å². The standard InChI is InChI=1S/C17H16INO/c18-14-8-4-9-15(12-14)19-16(20)17(10-5-11-17)13-6-2-1-3-7-13/h1-4,6-9,12H,5,10-11H2,(H,19,20). The fraction of sp³-hybridized carbons (Fsp3) is 0.235. The van der Waals surface area contributed by atoms with Gasteiger partial charge in [0.1, 0.15) is 0 Å². The monoisotopic (exact) mass is 377 g/mol. The van der Waals surface area contributed by atoms with E-state index in [2.05, 4.69) is 40.0 Å². The van der Waals surface area contributed by atoms with Crippen LogP contribution in [0.5, 0.6) is 0 Å². The molecule has 3 heteroatoms. The predicted octanol–water partition coefficient (Wildman–Crippen LogP) is 4.35. The third-order valence-electron chi connectivity index (χ3n) is 4.05. The summed E-state index contributed by atoms with van der Waals surface area (Å²) in [5.74, 6) is 0.122. The van der Waals surface area contributed by atoms with Crippen LogP contribution in [0.25, 0.3) is 0 Å². The predicted molar refractivity (Wildman–Crippen MR) is 89.8 cm³/mol. The van der Waals surface area contributed by atoms with Gasteiger partial charge in [0.05, 0.1) is 5.41 Å². The van der Waals surface area contributed by atoms with Gasteiger partial charge in [-0.15, -0.1) is 0 Å². The van der Waals surface area contributed by atoms with Crippen LogP contribution in [0.3, 0.4) is 0 Å². The highest BCUT2D eigenvalue weighted by Gasteiger charge is 2.45. The van der Waals surface area contributed by atoms with Gasteiger partial charge in [0.25, 0.3) is 0 Å². The number of hydrogen-bond acceptors (Lipinski definition) is 1. The van der Waals surface area contributed by atoms with Crippen LogP contribution < -0.4 is 5.32 Å². The van der Waals surface area contributed by atoms with Gasteiger partial charge in [0.2, 0.25) is 5.91 Å². The van der Waals surface area contributed by atoms with Crippen molar-refractivity contribution in [3.05, 3.63) is 63.7 Å². The van der Waals surface area contributed by atoms with Crippen molar-refractivity contribution in [1.82, 2.24) is 0 Å². The van der Waals surface area contributed by atoms with Crippen LogP contribution in [0.4, 0.5) is 5.69 Å². The molecule has 2 aromatic rings. The summed E-state index contributed by atoms with van der Waals surface area (Å²) in [6.07, 6.45) is 2.99. The van der Waals surface area contributed by atoms with E-state index in [0.717, 1.165) is 34.1 Å². The van der Waals surface area contributed by atoms with Crippen molar-refractivity contribution in [1.29, 1.82) is 0 Å². The molecule has 1 aliphatic carbocycles. The zero-order chi connectivity index (χ0) is 14.0. The molecule has 3 rings (SSSR count). The van der Waals surface area contributed by atoms with E-state index in [1.165, 1.54) is 0 Å². The summed E-state index contributed by atoms with van der Waals surface area (Å²) in [6.45, 7) is 0. The molecule has 1 N–H and O–H groups in total. The van der Waals surface area contributed by atoms with Crippen molar-refractivity contribution < 1.29 is 4.79 Å². The number of carbonyl (C=O) groups excluding carboxylic acids is 1. The van der Waals surface area contributed by atoms with Crippen LogP contribution in [0.1, 0.15) is 24.8 Å². The molecule has 1 amide bonds. The zero-order valence-electron chi connectivity index (χ0n) is 11.1. The van der Waals surface area contributed by atoms with Gasteiger partial charge >= 0.3 is 0 Å².